The second-order valence-electron chi connectivity index (χ2n) is 7.54. The lowest BCUT2D eigenvalue weighted by molar-refractivity contribution is -0.139. The largest absolute Gasteiger partial charge is 0.481 e. The van der Waals surface area contributed by atoms with Crippen molar-refractivity contribution in [2.45, 2.75) is 18.4 Å². The van der Waals surface area contributed by atoms with Crippen LogP contribution in [0.5, 0.6) is 0 Å². The molecule has 0 bridgehead atoms. The maximum absolute atomic E-state index is 12.4. The van der Waals surface area contributed by atoms with Crippen LogP contribution in [0.3, 0.4) is 0 Å². The van der Waals surface area contributed by atoms with Crippen LogP contribution in [0.4, 0.5) is 4.79 Å². The second-order valence-corrected chi connectivity index (χ2v) is 9.80. The van der Waals surface area contributed by atoms with Crippen molar-refractivity contribution in [3.63, 3.8) is 0 Å². The van der Waals surface area contributed by atoms with Gasteiger partial charge in [0.1, 0.15) is 22.5 Å². The van der Waals surface area contributed by atoms with Crippen LogP contribution >= 0.6 is 0 Å². The van der Waals surface area contributed by atoms with Crippen molar-refractivity contribution in [2.75, 3.05) is 25.2 Å². The molecule has 2 amide bonds. The highest BCUT2D eigenvalue weighted by atomic mass is 32.2. The fourth-order valence-electron chi connectivity index (χ4n) is 3.65. The Morgan fingerprint density at radius 3 is 2.12 bits per heavy atom. The lowest BCUT2D eigenvalue weighted by Crippen LogP contribution is -2.49. The van der Waals surface area contributed by atoms with Crippen molar-refractivity contribution in [1.29, 1.82) is 0 Å². The fourth-order valence-corrected chi connectivity index (χ4v) is 4.12. The Kier molecular flexibility index (Phi) is 7.14. The standard InChI is InChI=1S/C22H24N2O7S/c1-32(29,30)11-10-23-21(27)19(12-20(25)26)24-22(28)31-13-18-16-8-4-2-6-14(16)15-7-3-5-9-17(15)18/h2-9,18-19H,10-13H2,1H3,(H,23,27)(H,24,28)(H,25,26). The zero-order chi connectivity index (χ0) is 23.3. The molecule has 1 unspecified atom stereocenters. The summed E-state index contributed by atoms with van der Waals surface area (Å²) in [4.78, 5) is 35.7. The number of hydrogen-bond acceptors (Lipinski definition) is 6. The van der Waals surface area contributed by atoms with E-state index in [1.807, 2.05) is 48.5 Å². The van der Waals surface area contributed by atoms with Crippen LogP contribution in [0.25, 0.3) is 11.1 Å². The Bertz CT molecular complexity index is 1090. The first-order chi connectivity index (χ1) is 15.2. The predicted molar refractivity (Wildman–Crippen MR) is 117 cm³/mol. The summed E-state index contributed by atoms with van der Waals surface area (Å²) in [6.07, 6.45) is -0.589. The maximum Gasteiger partial charge on any atom is 0.407 e. The van der Waals surface area contributed by atoms with Gasteiger partial charge in [-0.05, 0) is 22.3 Å². The van der Waals surface area contributed by atoms with Crippen LogP contribution in [0.15, 0.2) is 48.5 Å². The first kappa shape index (κ1) is 23.3. The molecule has 1 aliphatic rings. The minimum Gasteiger partial charge on any atom is -0.481 e. The summed E-state index contributed by atoms with van der Waals surface area (Å²) in [6.45, 7) is -0.185. The molecular weight excluding hydrogens is 436 g/mol. The number of aliphatic carboxylic acids is 1. The molecule has 9 nitrogen and oxygen atoms in total. The molecule has 2 aromatic carbocycles. The normalized spacial score (nSPS) is 13.5. The van der Waals surface area contributed by atoms with Gasteiger partial charge < -0.3 is 20.5 Å². The van der Waals surface area contributed by atoms with E-state index >= 15 is 0 Å². The molecule has 0 heterocycles. The molecule has 32 heavy (non-hydrogen) atoms. The number of nitrogens with one attached hydrogen (secondary N) is 2. The quantitative estimate of drug-likeness (QED) is 0.516. The van der Waals surface area contributed by atoms with Crippen LogP contribution in [0, 0.1) is 0 Å². The summed E-state index contributed by atoms with van der Waals surface area (Å²) in [6, 6.07) is 14.2. The number of amides is 2. The van der Waals surface area contributed by atoms with E-state index in [2.05, 4.69) is 10.6 Å². The molecule has 10 heteroatoms. The van der Waals surface area contributed by atoms with E-state index in [0.717, 1.165) is 28.5 Å². The number of ether oxygens (including phenoxy) is 1. The summed E-state index contributed by atoms with van der Waals surface area (Å²) in [7, 11) is -3.30. The van der Waals surface area contributed by atoms with Crippen molar-refractivity contribution in [3.8, 4) is 11.1 Å². The third kappa shape index (κ3) is 5.85. The molecule has 0 aromatic heterocycles. The van der Waals surface area contributed by atoms with Crippen LogP contribution in [0.1, 0.15) is 23.5 Å². The van der Waals surface area contributed by atoms with Gasteiger partial charge in [-0.3, -0.25) is 9.59 Å². The topological polar surface area (TPSA) is 139 Å². The smallest absolute Gasteiger partial charge is 0.407 e. The fraction of sp³-hybridized carbons (Fsp3) is 0.318. The predicted octanol–water partition coefficient (Wildman–Crippen LogP) is 1.53. The molecule has 2 aromatic rings. The first-order valence-electron chi connectivity index (χ1n) is 9.94. The molecule has 0 saturated carbocycles. The van der Waals surface area contributed by atoms with Gasteiger partial charge in [0.05, 0.1) is 12.2 Å². The Morgan fingerprint density at radius 2 is 1.59 bits per heavy atom. The van der Waals surface area contributed by atoms with Gasteiger partial charge in [-0.15, -0.1) is 0 Å². The molecule has 170 valence electrons. The maximum atomic E-state index is 12.4. The minimum absolute atomic E-state index is 0.00927. The molecule has 1 aliphatic carbocycles. The van der Waals surface area contributed by atoms with Gasteiger partial charge in [0.2, 0.25) is 5.91 Å². The van der Waals surface area contributed by atoms with Gasteiger partial charge in [0.25, 0.3) is 0 Å². The van der Waals surface area contributed by atoms with Crippen LogP contribution in [-0.4, -0.2) is 62.7 Å². The second kappa shape index (κ2) is 9.82. The number of rotatable bonds is 9. The monoisotopic (exact) mass is 460 g/mol. The summed E-state index contributed by atoms with van der Waals surface area (Å²) in [5, 5.41) is 13.6. The van der Waals surface area contributed by atoms with Gasteiger partial charge in [-0.2, -0.15) is 0 Å². The number of carbonyl (C=O) groups is 3. The third-order valence-corrected chi connectivity index (χ3v) is 6.05. The molecule has 0 fully saturated rings. The summed E-state index contributed by atoms with van der Waals surface area (Å²) in [5.41, 5.74) is 4.15. The molecule has 0 radical (unpaired) electrons. The van der Waals surface area contributed by atoms with E-state index in [0.29, 0.717) is 0 Å². The van der Waals surface area contributed by atoms with Crippen molar-refractivity contribution in [1.82, 2.24) is 10.6 Å². The van der Waals surface area contributed by atoms with Crippen LogP contribution < -0.4 is 10.6 Å². The van der Waals surface area contributed by atoms with Crippen molar-refractivity contribution in [3.05, 3.63) is 59.7 Å². The zero-order valence-electron chi connectivity index (χ0n) is 17.4. The minimum atomic E-state index is -3.30. The average molecular weight is 461 g/mol. The van der Waals surface area contributed by atoms with Crippen LogP contribution in [-0.2, 0) is 24.2 Å². The highest BCUT2D eigenvalue weighted by molar-refractivity contribution is 7.90. The van der Waals surface area contributed by atoms with Gasteiger partial charge >= 0.3 is 12.1 Å². The van der Waals surface area contributed by atoms with Crippen molar-refractivity contribution in [2.24, 2.45) is 0 Å². The molecule has 0 saturated heterocycles. The van der Waals surface area contributed by atoms with E-state index in [1.54, 1.807) is 0 Å². The molecule has 0 aliphatic heterocycles. The van der Waals surface area contributed by atoms with E-state index in [9.17, 15) is 22.8 Å². The molecule has 1 atom stereocenters. The molecule has 3 N–H and O–H groups in total. The number of benzene rings is 2. The van der Waals surface area contributed by atoms with E-state index < -0.39 is 40.3 Å². The van der Waals surface area contributed by atoms with E-state index in [4.69, 9.17) is 9.84 Å². The van der Waals surface area contributed by atoms with Crippen molar-refractivity contribution < 1.29 is 32.6 Å². The van der Waals surface area contributed by atoms with E-state index in [1.165, 1.54) is 0 Å². The lowest BCUT2D eigenvalue weighted by Gasteiger charge is -2.18. The summed E-state index contributed by atoms with van der Waals surface area (Å²) < 4.78 is 27.7. The number of alkyl carbamates (subject to hydrolysis) is 1. The Labute approximate surface area is 185 Å². The Balaban J connectivity index is 1.63. The number of carboxylic acid groups (broad SMARTS) is 1. The number of sulfone groups is 1. The third-order valence-electron chi connectivity index (χ3n) is 5.10. The zero-order valence-corrected chi connectivity index (χ0v) is 18.2. The highest BCUT2D eigenvalue weighted by Crippen LogP contribution is 2.44. The number of fused-ring (bicyclic) bond motifs is 3. The Hall–Kier alpha value is -3.40. The van der Waals surface area contributed by atoms with E-state index in [-0.39, 0.29) is 24.8 Å². The first-order valence-corrected chi connectivity index (χ1v) is 12.0. The number of carboxylic acids is 1. The molecule has 0 spiro atoms. The van der Waals surface area contributed by atoms with Crippen molar-refractivity contribution >= 4 is 27.8 Å². The summed E-state index contributed by atoms with van der Waals surface area (Å²) in [5.74, 6) is -2.59. The lowest BCUT2D eigenvalue weighted by atomic mass is 9.98. The highest BCUT2D eigenvalue weighted by Gasteiger charge is 2.30. The SMILES string of the molecule is CS(=O)(=O)CCNC(=O)C(CC(=O)O)NC(=O)OCC1c2ccccc2-c2ccccc21. The van der Waals surface area contributed by atoms with Crippen LogP contribution in [0.2, 0.25) is 0 Å². The van der Waals surface area contributed by atoms with Gasteiger partial charge in [-0.25, -0.2) is 13.2 Å². The average Bonchev–Trinajstić information content (AvgIpc) is 3.04. The number of hydrogen-bond donors (Lipinski definition) is 3. The van der Waals surface area contributed by atoms with Gasteiger partial charge in [0, 0.05) is 18.7 Å². The molecule has 3 rings (SSSR count). The van der Waals surface area contributed by atoms with Gasteiger partial charge in [-0.1, -0.05) is 48.5 Å². The van der Waals surface area contributed by atoms with Gasteiger partial charge in [0.15, 0.2) is 0 Å². The Morgan fingerprint density at radius 1 is 1.03 bits per heavy atom. The summed E-state index contributed by atoms with van der Waals surface area (Å²) >= 11 is 0. The molecular formula is C22H24N2O7S. The number of carbonyl (C=O) groups excluding carboxylic acids is 2.